The Morgan fingerprint density at radius 3 is 2.31 bits per heavy atom. The number of carbonyl (C=O) groups excluding carboxylic acids is 1. The van der Waals surface area contributed by atoms with Gasteiger partial charge in [-0.1, -0.05) is 23.7 Å². The van der Waals surface area contributed by atoms with Crippen LogP contribution in [0.15, 0.2) is 48.5 Å². The van der Waals surface area contributed by atoms with Gasteiger partial charge in [0.25, 0.3) is 5.91 Å². The first-order chi connectivity index (χ1) is 12.4. The Bertz CT molecular complexity index is 756. The Hall–Kier alpha value is -2.20. The molecule has 1 heterocycles. The number of rotatable bonds is 5. The van der Waals surface area contributed by atoms with Gasteiger partial charge in [0, 0.05) is 24.0 Å². The van der Waals surface area contributed by atoms with E-state index in [2.05, 4.69) is 12.1 Å². The van der Waals surface area contributed by atoms with Crippen molar-refractivity contribution in [3.8, 4) is 11.5 Å². The molecule has 26 heavy (non-hydrogen) atoms. The van der Waals surface area contributed by atoms with Gasteiger partial charge in [0.2, 0.25) is 0 Å². The van der Waals surface area contributed by atoms with Crippen LogP contribution in [0.4, 0.5) is 0 Å². The Morgan fingerprint density at radius 1 is 1.08 bits per heavy atom. The van der Waals surface area contributed by atoms with E-state index < -0.39 is 5.60 Å². The van der Waals surface area contributed by atoms with Gasteiger partial charge in [-0.25, -0.2) is 0 Å². The van der Waals surface area contributed by atoms with Crippen LogP contribution in [0.25, 0.3) is 0 Å². The first kappa shape index (κ1) is 18.6. The van der Waals surface area contributed by atoms with Gasteiger partial charge in [-0.05, 0) is 62.2 Å². The molecular formula is C21H24ClNO3. The van der Waals surface area contributed by atoms with Crippen molar-refractivity contribution in [3.63, 3.8) is 0 Å². The van der Waals surface area contributed by atoms with E-state index in [1.165, 1.54) is 5.56 Å². The molecule has 4 nitrogen and oxygen atoms in total. The summed E-state index contributed by atoms with van der Waals surface area (Å²) < 4.78 is 11.1. The van der Waals surface area contributed by atoms with Crippen molar-refractivity contribution in [1.29, 1.82) is 0 Å². The number of nitrogens with zero attached hydrogens (tertiary/aromatic N) is 1. The number of likely N-dealkylation sites (tertiary alicyclic amines) is 1. The summed E-state index contributed by atoms with van der Waals surface area (Å²) in [5.41, 5.74) is 0.306. The first-order valence-electron chi connectivity index (χ1n) is 8.77. The van der Waals surface area contributed by atoms with Gasteiger partial charge in [-0.2, -0.15) is 0 Å². The van der Waals surface area contributed by atoms with Gasteiger partial charge >= 0.3 is 0 Å². The SMILES string of the molecule is COc1ccc(C2CCN(C(=O)C(C)(C)Oc3ccc(Cl)cc3)C2)cc1. The third-order valence-corrected chi connectivity index (χ3v) is 5.02. The van der Waals surface area contributed by atoms with Crippen molar-refractivity contribution >= 4 is 17.5 Å². The summed E-state index contributed by atoms with van der Waals surface area (Å²) in [6.45, 7) is 5.07. The lowest BCUT2D eigenvalue weighted by Crippen LogP contribution is -2.48. The number of benzene rings is 2. The molecule has 1 saturated heterocycles. The third-order valence-electron chi connectivity index (χ3n) is 4.76. The van der Waals surface area contributed by atoms with Gasteiger partial charge in [0.15, 0.2) is 5.60 Å². The monoisotopic (exact) mass is 373 g/mol. The Morgan fingerprint density at radius 2 is 1.69 bits per heavy atom. The second-order valence-electron chi connectivity index (χ2n) is 7.08. The topological polar surface area (TPSA) is 38.8 Å². The van der Waals surface area contributed by atoms with E-state index in [1.54, 1.807) is 31.4 Å². The van der Waals surface area contributed by atoms with Crippen LogP contribution in [0.2, 0.25) is 5.02 Å². The van der Waals surface area contributed by atoms with Gasteiger partial charge in [0.05, 0.1) is 7.11 Å². The van der Waals surface area contributed by atoms with Crippen LogP contribution < -0.4 is 9.47 Å². The number of halogens is 1. The van der Waals surface area contributed by atoms with E-state index >= 15 is 0 Å². The maximum Gasteiger partial charge on any atom is 0.266 e. The minimum Gasteiger partial charge on any atom is -0.497 e. The van der Waals surface area contributed by atoms with Crippen molar-refractivity contribution in [2.45, 2.75) is 31.8 Å². The summed E-state index contributed by atoms with van der Waals surface area (Å²) in [6.07, 6.45) is 0.953. The second-order valence-corrected chi connectivity index (χ2v) is 7.51. The molecule has 2 aromatic carbocycles. The van der Waals surface area contributed by atoms with Crippen LogP contribution in [0.3, 0.4) is 0 Å². The van der Waals surface area contributed by atoms with Crippen LogP contribution >= 0.6 is 11.6 Å². The molecule has 1 amide bonds. The molecule has 138 valence electrons. The van der Waals surface area contributed by atoms with E-state index in [-0.39, 0.29) is 5.91 Å². The summed E-state index contributed by atoms with van der Waals surface area (Å²) in [6, 6.07) is 15.2. The van der Waals surface area contributed by atoms with Gasteiger partial charge in [-0.15, -0.1) is 0 Å². The highest BCUT2D eigenvalue weighted by Crippen LogP contribution is 2.31. The highest BCUT2D eigenvalue weighted by Gasteiger charge is 2.38. The number of methoxy groups -OCH3 is 1. The van der Waals surface area contributed by atoms with Gasteiger partial charge in [-0.3, -0.25) is 4.79 Å². The minimum absolute atomic E-state index is 0.00321. The fourth-order valence-corrected chi connectivity index (χ4v) is 3.44. The van der Waals surface area contributed by atoms with E-state index in [1.807, 2.05) is 30.9 Å². The summed E-state index contributed by atoms with van der Waals surface area (Å²) in [7, 11) is 1.66. The smallest absolute Gasteiger partial charge is 0.266 e. The molecule has 3 rings (SSSR count). The molecule has 0 bridgehead atoms. The number of hydrogen-bond acceptors (Lipinski definition) is 3. The number of carbonyl (C=O) groups is 1. The molecular weight excluding hydrogens is 350 g/mol. The summed E-state index contributed by atoms with van der Waals surface area (Å²) in [4.78, 5) is 14.9. The molecule has 2 aromatic rings. The largest absolute Gasteiger partial charge is 0.497 e. The molecule has 1 atom stereocenters. The zero-order valence-corrected chi connectivity index (χ0v) is 16.1. The molecule has 0 radical (unpaired) electrons. The van der Waals surface area contributed by atoms with Crippen LogP contribution in [-0.2, 0) is 4.79 Å². The quantitative estimate of drug-likeness (QED) is 0.773. The molecule has 0 N–H and O–H groups in total. The van der Waals surface area contributed by atoms with Gasteiger partial charge < -0.3 is 14.4 Å². The maximum atomic E-state index is 13.0. The Kier molecular flexibility index (Phi) is 5.42. The first-order valence-corrected chi connectivity index (χ1v) is 9.15. The predicted molar refractivity (Wildman–Crippen MR) is 103 cm³/mol. The third kappa shape index (κ3) is 4.13. The summed E-state index contributed by atoms with van der Waals surface area (Å²) >= 11 is 5.90. The van der Waals surface area contributed by atoms with E-state index in [0.29, 0.717) is 23.2 Å². The molecule has 0 saturated carbocycles. The van der Waals surface area contributed by atoms with E-state index in [0.717, 1.165) is 18.7 Å². The highest BCUT2D eigenvalue weighted by molar-refractivity contribution is 6.30. The lowest BCUT2D eigenvalue weighted by molar-refractivity contribution is -0.144. The zero-order chi connectivity index (χ0) is 18.7. The maximum absolute atomic E-state index is 13.0. The average Bonchev–Trinajstić information content (AvgIpc) is 3.13. The van der Waals surface area contributed by atoms with Crippen molar-refractivity contribution in [2.24, 2.45) is 0 Å². The molecule has 0 aromatic heterocycles. The fraction of sp³-hybridized carbons (Fsp3) is 0.381. The van der Waals surface area contributed by atoms with Crippen molar-refractivity contribution in [3.05, 3.63) is 59.1 Å². The molecule has 5 heteroatoms. The van der Waals surface area contributed by atoms with Crippen LogP contribution in [0.5, 0.6) is 11.5 Å². The lowest BCUT2D eigenvalue weighted by Gasteiger charge is -2.30. The zero-order valence-electron chi connectivity index (χ0n) is 15.4. The second kappa shape index (κ2) is 7.58. The summed E-state index contributed by atoms with van der Waals surface area (Å²) in [5.74, 6) is 1.83. The van der Waals surface area contributed by atoms with Crippen LogP contribution in [-0.4, -0.2) is 36.6 Å². The van der Waals surface area contributed by atoms with E-state index in [9.17, 15) is 4.79 Å². The van der Waals surface area contributed by atoms with Gasteiger partial charge in [0.1, 0.15) is 11.5 Å². The Balaban J connectivity index is 1.64. The van der Waals surface area contributed by atoms with Crippen molar-refractivity contribution in [2.75, 3.05) is 20.2 Å². The average molecular weight is 374 g/mol. The summed E-state index contributed by atoms with van der Waals surface area (Å²) in [5, 5.41) is 0.642. The molecule has 0 aliphatic carbocycles. The predicted octanol–water partition coefficient (Wildman–Crippen LogP) is 4.52. The van der Waals surface area contributed by atoms with Crippen molar-refractivity contribution in [1.82, 2.24) is 4.90 Å². The number of hydrogen-bond donors (Lipinski definition) is 0. The number of ether oxygens (including phenoxy) is 2. The molecule has 1 aliphatic rings. The van der Waals surface area contributed by atoms with E-state index in [4.69, 9.17) is 21.1 Å². The fourth-order valence-electron chi connectivity index (χ4n) is 3.31. The molecule has 1 aliphatic heterocycles. The lowest BCUT2D eigenvalue weighted by atomic mass is 9.98. The van der Waals surface area contributed by atoms with Crippen molar-refractivity contribution < 1.29 is 14.3 Å². The molecule has 1 unspecified atom stereocenters. The van der Waals surface area contributed by atoms with Crippen LogP contribution in [0, 0.1) is 0 Å². The Labute approximate surface area is 159 Å². The normalized spacial score (nSPS) is 17.2. The minimum atomic E-state index is -0.928. The molecule has 0 spiro atoms. The number of amides is 1. The standard InChI is InChI=1S/C21H24ClNO3/c1-21(2,26-19-10-6-17(22)7-11-19)20(24)23-13-12-16(14-23)15-4-8-18(25-3)9-5-15/h4-11,16H,12-14H2,1-3H3. The highest BCUT2D eigenvalue weighted by atomic mass is 35.5. The molecule has 1 fully saturated rings. The van der Waals surface area contributed by atoms with Crippen LogP contribution in [0.1, 0.15) is 31.7 Å².